The van der Waals surface area contributed by atoms with Gasteiger partial charge in [-0.15, -0.1) is 11.3 Å². The van der Waals surface area contributed by atoms with Gasteiger partial charge in [0.15, 0.2) is 0 Å². The van der Waals surface area contributed by atoms with Crippen LogP contribution in [-0.4, -0.2) is 20.2 Å². The van der Waals surface area contributed by atoms with E-state index in [2.05, 4.69) is 15.6 Å². The van der Waals surface area contributed by atoms with E-state index in [1.165, 1.54) is 18.2 Å². The molecule has 9 heteroatoms. The van der Waals surface area contributed by atoms with Crippen LogP contribution in [0.15, 0.2) is 46.0 Å². The largest absolute Gasteiger partial charge is 0.278 e. The van der Waals surface area contributed by atoms with Gasteiger partial charge >= 0.3 is 0 Å². The first-order valence-electron chi connectivity index (χ1n) is 7.64. The summed E-state index contributed by atoms with van der Waals surface area (Å²) in [6.07, 6.45) is 0.804. The van der Waals surface area contributed by atoms with Crippen LogP contribution in [0.1, 0.15) is 23.7 Å². The summed E-state index contributed by atoms with van der Waals surface area (Å²) in [6, 6.07) is 9.31. The Hall–Kier alpha value is -2.39. The molecule has 3 N–H and O–H groups in total. The number of rotatable bonds is 5. The van der Waals surface area contributed by atoms with Gasteiger partial charge in [0.2, 0.25) is 5.91 Å². The monoisotopic (exact) mass is 379 g/mol. The normalized spacial score (nSPS) is 19.1. The predicted octanol–water partition coefficient (Wildman–Crippen LogP) is 1.97. The SMILES string of the molecule is CC1CC1C(=O)NNC(=O)c1ccccc1NS(=O)(=O)c1cccs1. The molecule has 1 aliphatic rings. The second-order valence-corrected chi connectivity index (χ2v) is 8.70. The molecule has 1 aromatic heterocycles. The maximum Gasteiger partial charge on any atom is 0.271 e. The number of anilines is 1. The van der Waals surface area contributed by atoms with E-state index in [1.54, 1.807) is 23.6 Å². The van der Waals surface area contributed by atoms with E-state index in [1.807, 2.05) is 6.92 Å². The van der Waals surface area contributed by atoms with Gasteiger partial charge in [0.05, 0.1) is 11.3 Å². The number of hydrazine groups is 1. The molecule has 0 saturated heterocycles. The Kier molecular flexibility index (Phi) is 4.78. The van der Waals surface area contributed by atoms with Crippen LogP contribution in [0.4, 0.5) is 5.69 Å². The molecule has 0 bridgehead atoms. The van der Waals surface area contributed by atoms with E-state index >= 15 is 0 Å². The highest BCUT2D eigenvalue weighted by Gasteiger charge is 2.39. The number of carbonyl (C=O) groups is 2. The Morgan fingerprint density at radius 3 is 2.48 bits per heavy atom. The number of sulfonamides is 1. The molecule has 2 atom stereocenters. The number of thiophene rings is 1. The minimum absolute atomic E-state index is 0.0760. The van der Waals surface area contributed by atoms with Crippen molar-refractivity contribution in [2.75, 3.05) is 4.72 Å². The van der Waals surface area contributed by atoms with E-state index in [4.69, 9.17) is 0 Å². The lowest BCUT2D eigenvalue weighted by Gasteiger charge is -2.12. The fourth-order valence-electron chi connectivity index (χ4n) is 2.35. The van der Waals surface area contributed by atoms with Crippen LogP contribution in [0.2, 0.25) is 0 Å². The molecule has 1 aliphatic carbocycles. The summed E-state index contributed by atoms with van der Waals surface area (Å²) in [6.45, 7) is 1.96. The third-order valence-corrected chi connectivity index (χ3v) is 6.68. The average Bonchev–Trinajstić information content (AvgIpc) is 3.08. The minimum Gasteiger partial charge on any atom is -0.278 e. The summed E-state index contributed by atoms with van der Waals surface area (Å²) in [7, 11) is -3.77. The van der Waals surface area contributed by atoms with Crippen molar-refractivity contribution < 1.29 is 18.0 Å². The molecule has 1 fully saturated rings. The molecule has 25 heavy (non-hydrogen) atoms. The molecule has 132 valence electrons. The van der Waals surface area contributed by atoms with E-state index in [-0.39, 0.29) is 27.3 Å². The van der Waals surface area contributed by atoms with Crippen molar-refractivity contribution in [1.29, 1.82) is 0 Å². The maximum absolute atomic E-state index is 12.3. The first kappa shape index (κ1) is 17.4. The van der Waals surface area contributed by atoms with Gasteiger partial charge in [-0.05, 0) is 35.9 Å². The topological polar surface area (TPSA) is 104 Å². The number of hydrogen-bond donors (Lipinski definition) is 3. The number of nitrogens with one attached hydrogen (secondary N) is 3. The molecule has 1 heterocycles. The van der Waals surface area contributed by atoms with Crippen molar-refractivity contribution in [2.45, 2.75) is 17.6 Å². The lowest BCUT2D eigenvalue weighted by atomic mass is 10.2. The third kappa shape index (κ3) is 3.99. The molecular weight excluding hydrogens is 362 g/mol. The molecule has 7 nitrogen and oxygen atoms in total. The Morgan fingerprint density at radius 1 is 1.12 bits per heavy atom. The standard InChI is InChI=1S/C16H17N3O4S2/c1-10-9-12(10)16(21)18-17-15(20)11-5-2-3-6-13(11)19-25(22,23)14-7-4-8-24-14/h2-8,10,12,19H,9H2,1H3,(H,17,20)(H,18,21). The Morgan fingerprint density at radius 2 is 1.84 bits per heavy atom. The van der Waals surface area contributed by atoms with Crippen molar-refractivity contribution in [3.8, 4) is 0 Å². The average molecular weight is 379 g/mol. The Bertz CT molecular complexity index is 894. The van der Waals surface area contributed by atoms with Crippen LogP contribution >= 0.6 is 11.3 Å². The first-order valence-corrected chi connectivity index (χ1v) is 10.0. The molecule has 0 aliphatic heterocycles. The molecule has 2 aromatic rings. The number of benzene rings is 1. The fourth-order valence-corrected chi connectivity index (χ4v) is 4.42. The van der Waals surface area contributed by atoms with Crippen LogP contribution in [-0.2, 0) is 14.8 Å². The number of para-hydroxylation sites is 1. The van der Waals surface area contributed by atoms with Crippen LogP contribution in [0.5, 0.6) is 0 Å². The Balaban J connectivity index is 1.72. The minimum atomic E-state index is -3.77. The lowest BCUT2D eigenvalue weighted by molar-refractivity contribution is -0.123. The molecule has 0 radical (unpaired) electrons. The van der Waals surface area contributed by atoms with Gasteiger partial charge in [0, 0.05) is 5.92 Å². The smallest absolute Gasteiger partial charge is 0.271 e. The Labute approximate surface area is 149 Å². The van der Waals surface area contributed by atoms with Gasteiger partial charge in [-0.3, -0.25) is 25.2 Å². The van der Waals surface area contributed by atoms with Crippen molar-refractivity contribution >= 4 is 38.9 Å². The van der Waals surface area contributed by atoms with Crippen molar-refractivity contribution in [3.05, 3.63) is 47.3 Å². The summed E-state index contributed by atoms with van der Waals surface area (Å²) in [5.74, 6) is -0.585. The van der Waals surface area contributed by atoms with Crippen LogP contribution in [0, 0.1) is 11.8 Å². The summed E-state index contributed by atoms with van der Waals surface area (Å²) >= 11 is 1.08. The summed E-state index contributed by atoms with van der Waals surface area (Å²) in [5, 5.41) is 1.65. The van der Waals surface area contributed by atoms with Crippen molar-refractivity contribution in [1.82, 2.24) is 10.9 Å². The van der Waals surface area contributed by atoms with Crippen molar-refractivity contribution in [3.63, 3.8) is 0 Å². The van der Waals surface area contributed by atoms with Crippen molar-refractivity contribution in [2.24, 2.45) is 11.8 Å². The molecule has 1 aromatic carbocycles. The highest BCUT2D eigenvalue weighted by atomic mass is 32.2. The van der Waals surface area contributed by atoms with E-state index in [9.17, 15) is 18.0 Å². The summed E-state index contributed by atoms with van der Waals surface area (Å²) in [4.78, 5) is 24.1. The quantitative estimate of drug-likeness (QED) is 0.691. The van der Waals surface area contributed by atoms with Gasteiger partial charge in [-0.2, -0.15) is 0 Å². The molecule has 2 amide bonds. The number of hydrogen-bond acceptors (Lipinski definition) is 5. The van der Waals surface area contributed by atoms with Gasteiger partial charge < -0.3 is 0 Å². The first-order chi connectivity index (χ1) is 11.9. The van der Waals surface area contributed by atoms with Gasteiger partial charge in [-0.1, -0.05) is 25.1 Å². The third-order valence-electron chi connectivity index (χ3n) is 3.92. The highest BCUT2D eigenvalue weighted by molar-refractivity contribution is 7.94. The van der Waals surface area contributed by atoms with E-state index in [0.717, 1.165) is 17.8 Å². The highest BCUT2D eigenvalue weighted by Crippen LogP contribution is 2.37. The van der Waals surface area contributed by atoms with Crippen LogP contribution < -0.4 is 15.6 Å². The second kappa shape index (κ2) is 6.85. The lowest BCUT2D eigenvalue weighted by Crippen LogP contribution is -2.42. The molecule has 2 unspecified atom stereocenters. The van der Waals surface area contributed by atoms with E-state index < -0.39 is 15.9 Å². The molecular formula is C16H17N3O4S2. The second-order valence-electron chi connectivity index (χ2n) is 5.85. The fraction of sp³-hybridized carbons (Fsp3) is 0.250. The van der Waals surface area contributed by atoms with Gasteiger partial charge in [-0.25, -0.2) is 8.42 Å². The van der Waals surface area contributed by atoms with Crippen LogP contribution in [0.25, 0.3) is 0 Å². The number of carbonyl (C=O) groups excluding carboxylic acids is 2. The summed E-state index contributed by atoms with van der Waals surface area (Å²) in [5.41, 5.74) is 4.97. The molecule has 0 spiro atoms. The molecule has 1 saturated carbocycles. The van der Waals surface area contributed by atoms with Gasteiger partial charge in [0.1, 0.15) is 4.21 Å². The zero-order chi connectivity index (χ0) is 18.0. The zero-order valence-electron chi connectivity index (χ0n) is 13.4. The summed E-state index contributed by atoms with van der Waals surface area (Å²) < 4.78 is 27.2. The van der Waals surface area contributed by atoms with Crippen LogP contribution in [0.3, 0.4) is 0 Å². The molecule has 3 rings (SSSR count). The maximum atomic E-state index is 12.3. The zero-order valence-corrected chi connectivity index (χ0v) is 15.0. The van der Waals surface area contributed by atoms with E-state index in [0.29, 0.717) is 5.92 Å². The van der Waals surface area contributed by atoms with Gasteiger partial charge in [0.25, 0.3) is 15.9 Å². The predicted molar refractivity (Wildman–Crippen MR) is 94.4 cm³/mol. The number of amides is 2.